The molecule has 1 aromatic carbocycles. The van der Waals surface area contributed by atoms with Gasteiger partial charge in [-0.1, -0.05) is 0 Å². The van der Waals surface area contributed by atoms with Gasteiger partial charge in [0.1, 0.15) is 0 Å². The van der Waals surface area contributed by atoms with E-state index in [0.717, 1.165) is 67.9 Å². The van der Waals surface area contributed by atoms with Crippen molar-refractivity contribution < 1.29 is 4.74 Å². The van der Waals surface area contributed by atoms with Crippen molar-refractivity contribution in [3.05, 3.63) is 33.7 Å². The first kappa shape index (κ1) is 17.5. The van der Waals surface area contributed by atoms with Gasteiger partial charge in [-0.2, -0.15) is 0 Å². The number of benzene rings is 1. The maximum absolute atomic E-state index is 12.7. The molecule has 142 valence electrons. The molecule has 0 spiro atoms. The minimum absolute atomic E-state index is 0.0609. The zero-order valence-electron chi connectivity index (χ0n) is 15.1. The van der Waals surface area contributed by atoms with E-state index in [1.165, 1.54) is 0 Å². The van der Waals surface area contributed by atoms with Gasteiger partial charge in [-0.3, -0.25) is 15.3 Å². The number of piperidine rings is 1. The van der Waals surface area contributed by atoms with Crippen LogP contribution in [0.4, 0.5) is 11.4 Å². The third kappa shape index (κ3) is 3.37. The number of aryl methyl sites for hydroxylation is 2. The lowest BCUT2D eigenvalue weighted by atomic mass is 10.1. The average molecular weight is 359 g/mol. The number of hydroxylamine groups is 1. The molecule has 2 heterocycles. The second-order valence-corrected chi connectivity index (χ2v) is 7.17. The maximum atomic E-state index is 12.7. The summed E-state index contributed by atoms with van der Waals surface area (Å²) in [5.41, 5.74) is 5.66. The van der Waals surface area contributed by atoms with Crippen molar-refractivity contribution in [3.8, 4) is 0 Å². The summed E-state index contributed by atoms with van der Waals surface area (Å²) in [7, 11) is 1.74. The van der Waals surface area contributed by atoms with Crippen LogP contribution in [-0.4, -0.2) is 50.3 Å². The highest BCUT2D eigenvalue weighted by atomic mass is 16.6. The van der Waals surface area contributed by atoms with Crippen molar-refractivity contribution in [1.82, 2.24) is 10.3 Å². The summed E-state index contributed by atoms with van der Waals surface area (Å²) >= 11 is 0. The van der Waals surface area contributed by atoms with E-state index in [1.807, 2.05) is 12.1 Å². The molecule has 0 radical (unpaired) electrons. The standard InChI is InChI=1S/C18H25N5O3/c1-26-15-6-3-8-21(12-15)9-7-19-18-20-23(25)17-11-14-5-2-4-13(14)10-16(17)22(18)24/h10-11,15H,2-9,12H2,1H3,(H,19,20)/q-2. The van der Waals surface area contributed by atoms with E-state index in [1.54, 1.807) is 7.11 Å². The van der Waals surface area contributed by atoms with Crippen LogP contribution in [0.25, 0.3) is 0 Å². The highest BCUT2D eigenvalue weighted by Gasteiger charge is 2.22. The van der Waals surface area contributed by atoms with Crippen LogP contribution in [-0.2, 0) is 17.6 Å². The lowest BCUT2D eigenvalue weighted by Gasteiger charge is -2.47. The van der Waals surface area contributed by atoms with Crippen LogP contribution in [0.5, 0.6) is 0 Å². The van der Waals surface area contributed by atoms with Crippen LogP contribution in [0.3, 0.4) is 0 Å². The average Bonchev–Trinajstić information content (AvgIpc) is 3.12. The van der Waals surface area contributed by atoms with E-state index in [2.05, 4.69) is 15.3 Å². The Bertz CT molecular complexity index is 696. The van der Waals surface area contributed by atoms with Crippen LogP contribution < -0.4 is 15.7 Å². The summed E-state index contributed by atoms with van der Waals surface area (Å²) in [5.74, 6) is 0.0609. The van der Waals surface area contributed by atoms with Crippen molar-refractivity contribution in [2.24, 2.45) is 4.99 Å². The fourth-order valence-corrected chi connectivity index (χ4v) is 4.04. The van der Waals surface area contributed by atoms with Crippen molar-refractivity contribution in [2.45, 2.75) is 38.2 Å². The fourth-order valence-electron chi connectivity index (χ4n) is 4.04. The summed E-state index contributed by atoms with van der Waals surface area (Å²) in [6.07, 6.45) is 5.46. The Morgan fingerprint density at radius 1 is 1.19 bits per heavy atom. The maximum Gasteiger partial charge on any atom is 0.206 e. The third-order valence-electron chi connectivity index (χ3n) is 5.49. The Hall–Kier alpha value is -1.87. The number of ether oxygens (including phenoxy) is 1. The molecule has 0 amide bonds. The molecular weight excluding hydrogens is 334 g/mol. The lowest BCUT2D eigenvalue weighted by Crippen LogP contribution is -2.51. The topological polar surface area (TPSA) is 89.5 Å². The molecule has 8 nitrogen and oxygen atoms in total. The SMILES string of the molecule is COC1CCCN(CCN=C2NN([O-])c3cc4c(cc3N2[O-])CCC4)C1. The number of nitrogens with zero attached hydrogens (tertiary/aromatic N) is 4. The van der Waals surface area contributed by atoms with E-state index in [4.69, 9.17) is 4.74 Å². The Labute approximate surface area is 153 Å². The number of hydrazine groups is 1. The number of aliphatic imine (C=N–C) groups is 1. The number of rotatable bonds is 4. The second kappa shape index (κ2) is 7.40. The minimum Gasteiger partial charge on any atom is -0.752 e. The Balaban J connectivity index is 1.44. The number of hydrogen-bond acceptors (Lipinski definition) is 6. The summed E-state index contributed by atoms with van der Waals surface area (Å²) in [4.78, 5) is 6.63. The van der Waals surface area contributed by atoms with Crippen molar-refractivity contribution in [1.29, 1.82) is 0 Å². The highest BCUT2D eigenvalue weighted by molar-refractivity contribution is 6.04. The first-order valence-corrected chi connectivity index (χ1v) is 9.32. The lowest BCUT2D eigenvalue weighted by molar-refractivity contribution is 0.0326. The molecule has 0 aromatic heterocycles. The van der Waals surface area contributed by atoms with Gasteiger partial charge in [0.2, 0.25) is 5.96 Å². The molecule has 1 atom stereocenters. The first-order chi connectivity index (χ1) is 12.7. The highest BCUT2D eigenvalue weighted by Crippen LogP contribution is 2.37. The Kier molecular flexibility index (Phi) is 4.99. The zero-order chi connectivity index (χ0) is 18.1. The molecule has 1 saturated heterocycles. The van der Waals surface area contributed by atoms with Gasteiger partial charge < -0.3 is 25.4 Å². The van der Waals surface area contributed by atoms with Gasteiger partial charge in [-0.05, 0) is 61.9 Å². The number of guanidine groups is 1. The van der Waals surface area contributed by atoms with E-state index in [0.29, 0.717) is 23.1 Å². The van der Waals surface area contributed by atoms with Gasteiger partial charge in [0.05, 0.1) is 24.0 Å². The molecule has 0 saturated carbocycles. The largest absolute Gasteiger partial charge is 0.752 e. The van der Waals surface area contributed by atoms with Gasteiger partial charge in [-0.15, -0.1) is 0 Å². The smallest absolute Gasteiger partial charge is 0.206 e. The van der Waals surface area contributed by atoms with Gasteiger partial charge >= 0.3 is 0 Å². The monoisotopic (exact) mass is 359 g/mol. The molecule has 0 bridgehead atoms. The fraction of sp³-hybridized carbons (Fsp3) is 0.611. The number of likely N-dealkylation sites (tertiary alicyclic amines) is 1. The number of hydrogen-bond donors (Lipinski definition) is 1. The quantitative estimate of drug-likeness (QED) is 0.876. The van der Waals surface area contributed by atoms with Crippen molar-refractivity contribution >= 4 is 17.3 Å². The molecular formula is C18H25N5O3-2. The van der Waals surface area contributed by atoms with Gasteiger partial charge in [-0.25, -0.2) is 0 Å². The van der Waals surface area contributed by atoms with Gasteiger partial charge in [0, 0.05) is 20.2 Å². The molecule has 4 rings (SSSR count). The number of methoxy groups -OCH3 is 1. The van der Waals surface area contributed by atoms with Crippen LogP contribution >= 0.6 is 0 Å². The van der Waals surface area contributed by atoms with E-state index < -0.39 is 0 Å². The molecule has 1 aromatic rings. The molecule has 1 aliphatic carbocycles. The van der Waals surface area contributed by atoms with Gasteiger partial charge in [0.15, 0.2) is 0 Å². The number of fused-ring (bicyclic) bond motifs is 2. The molecule has 1 unspecified atom stereocenters. The summed E-state index contributed by atoms with van der Waals surface area (Å²) in [5, 5.41) is 26.4. The van der Waals surface area contributed by atoms with E-state index >= 15 is 0 Å². The molecule has 26 heavy (non-hydrogen) atoms. The Morgan fingerprint density at radius 2 is 1.96 bits per heavy atom. The van der Waals surface area contributed by atoms with Crippen molar-refractivity contribution in [2.75, 3.05) is 43.5 Å². The predicted octanol–water partition coefficient (Wildman–Crippen LogP) is 1.77. The molecule has 3 aliphatic rings. The summed E-state index contributed by atoms with van der Waals surface area (Å²) in [6, 6.07) is 3.68. The minimum atomic E-state index is 0.0609. The summed E-state index contributed by atoms with van der Waals surface area (Å²) in [6.45, 7) is 3.11. The van der Waals surface area contributed by atoms with Crippen LogP contribution in [0.1, 0.15) is 30.4 Å². The van der Waals surface area contributed by atoms with Crippen LogP contribution in [0.2, 0.25) is 0 Å². The van der Waals surface area contributed by atoms with Crippen LogP contribution in [0.15, 0.2) is 17.1 Å². The molecule has 1 fully saturated rings. The van der Waals surface area contributed by atoms with Gasteiger partial charge in [0.25, 0.3) is 0 Å². The third-order valence-corrected chi connectivity index (χ3v) is 5.49. The zero-order valence-corrected chi connectivity index (χ0v) is 15.1. The molecule has 2 aliphatic heterocycles. The van der Waals surface area contributed by atoms with Crippen molar-refractivity contribution in [3.63, 3.8) is 0 Å². The normalized spacial score (nSPS) is 24.6. The van der Waals surface area contributed by atoms with E-state index in [9.17, 15) is 10.4 Å². The first-order valence-electron chi connectivity index (χ1n) is 9.32. The predicted molar refractivity (Wildman–Crippen MR) is 102 cm³/mol. The van der Waals surface area contributed by atoms with Crippen LogP contribution in [0, 0.1) is 10.4 Å². The summed E-state index contributed by atoms with van der Waals surface area (Å²) < 4.78 is 5.43. The molecule has 1 N–H and O–H groups in total. The molecule has 8 heteroatoms. The van der Waals surface area contributed by atoms with E-state index in [-0.39, 0.29) is 12.1 Å². The number of nitrogens with one attached hydrogen (secondary N) is 1. The number of anilines is 2. The Morgan fingerprint density at radius 3 is 2.73 bits per heavy atom. The second-order valence-electron chi connectivity index (χ2n) is 7.17.